The van der Waals surface area contributed by atoms with Crippen molar-refractivity contribution in [3.63, 3.8) is 0 Å². The molecule has 31 heavy (non-hydrogen) atoms. The number of amides is 2. The maximum absolute atomic E-state index is 12.5. The van der Waals surface area contributed by atoms with Crippen molar-refractivity contribution in [2.24, 2.45) is 0 Å². The molecule has 2 aliphatic heterocycles. The van der Waals surface area contributed by atoms with E-state index in [2.05, 4.69) is 25.5 Å². The molecule has 4 rings (SSSR count). The number of anilines is 2. The molecule has 2 aromatic rings. The third-order valence-corrected chi connectivity index (χ3v) is 5.70. The number of urea groups is 1. The Labute approximate surface area is 183 Å². The number of carbonyl (C=O) groups excluding carboxylic acids is 1. The summed E-state index contributed by atoms with van der Waals surface area (Å²) in [6.45, 7) is 3.61. The molecule has 3 heterocycles. The van der Waals surface area contributed by atoms with Gasteiger partial charge in [-0.3, -0.25) is 0 Å². The van der Waals surface area contributed by atoms with Gasteiger partial charge in [-0.1, -0.05) is 12.1 Å². The lowest BCUT2D eigenvalue weighted by molar-refractivity contribution is -0.0447. The number of benzene rings is 1. The second-order valence-electron chi connectivity index (χ2n) is 8.11. The number of aromatic nitrogens is 2. The molecule has 1 aromatic carbocycles. The highest BCUT2D eigenvalue weighted by atomic mass is 16.5. The average molecular weight is 426 g/mol. The van der Waals surface area contributed by atoms with Crippen molar-refractivity contribution in [3.05, 3.63) is 48.3 Å². The van der Waals surface area contributed by atoms with Crippen LogP contribution in [0.4, 0.5) is 16.4 Å². The highest BCUT2D eigenvalue weighted by molar-refractivity contribution is 5.89. The average Bonchev–Trinajstić information content (AvgIpc) is 2.81. The quantitative estimate of drug-likeness (QED) is 0.707. The Morgan fingerprint density at radius 3 is 2.74 bits per heavy atom. The molecule has 0 bridgehead atoms. The second-order valence-corrected chi connectivity index (χ2v) is 8.11. The molecule has 166 valence electrons. The van der Waals surface area contributed by atoms with Crippen molar-refractivity contribution in [2.45, 2.75) is 50.9 Å². The van der Waals surface area contributed by atoms with Gasteiger partial charge in [0.05, 0.1) is 19.3 Å². The number of nitrogens with zero attached hydrogens (tertiary/aromatic N) is 3. The summed E-state index contributed by atoms with van der Waals surface area (Å²) in [6.07, 6.45) is 8.87. The summed E-state index contributed by atoms with van der Waals surface area (Å²) in [7, 11) is 0. The zero-order valence-corrected chi connectivity index (χ0v) is 17.8. The zero-order chi connectivity index (χ0) is 21.3. The molecule has 2 saturated heterocycles. The van der Waals surface area contributed by atoms with E-state index in [0.717, 1.165) is 62.6 Å². The fourth-order valence-corrected chi connectivity index (χ4v) is 4.02. The summed E-state index contributed by atoms with van der Waals surface area (Å²) in [5, 5.41) is 6.02. The molecule has 8 nitrogen and oxygen atoms in total. The number of carbonyl (C=O) groups is 1. The van der Waals surface area contributed by atoms with Crippen LogP contribution in [0.5, 0.6) is 0 Å². The van der Waals surface area contributed by atoms with E-state index in [1.165, 1.54) is 6.42 Å². The van der Waals surface area contributed by atoms with Gasteiger partial charge in [0.25, 0.3) is 0 Å². The first kappa shape index (κ1) is 21.5. The van der Waals surface area contributed by atoms with Crippen LogP contribution in [0.25, 0.3) is 0 Å². The lowest BCUT2D eigenvalue weighted by Gasteiger charge is -2.32. The molecule has 0 saturated carbocycles. The predicted octanol–water partition coefficient (Wildman–Crippen LogP) is 3.35. The molecule has 0 aliphatic carbocycles. The maximum Gasteiger partial charge on any atom is 0.319 e. The summed E-state index contributed by atoms with van der Waals surface area (Å²) >= 11 is 0. The summed E-state index contributed by atoms with van der Waals surface area (Å²) in [5.74, 6) is 0.750. The van der Waals surface area contributed by atoms with Crippen molar-refractivity contribution in [1.82, 2.24) is 15.3 Å². The monoisotopic (exact) mass is 425 g/mol. The van der Waals surface area contributed by atoms with E-state index in [0.29, 0.717) is 13.2 Å². The van der Waals surface area contributed by atoms with Gasteiger partial charge < -0.3 is 25.0 Å². The van der Waals surface area contributed by atoms with Gasteiger partial charge in [0, 0.05) is 43.8 Å². The molecule has 0 radical (unpaired) electrons. The van der Waals surface area contributed by atoms with E-state index in [9.17, 15) is 4.79 Å². The molecule has 8 heteroatoms. The Bertz CT molecular complexity index is 821. The van der Waals surface area contributed by atoms with E-state index >= 15 is 0 Å². The Morgan fingerprint density at radius 2 is 1.97 bits per heavy atom. The summed E-state index contributed by atoms with van der Waals surface area (Å²) in [6, 6.07) is 9.56. The van der Waals surface area contributed by atoms with Crippen LogP contribution in [0.15, 0.2) is 42.7 Å². The molecule has 2 aliphatic rings. The van der Waals surface area contributed by atoms with E-state index in [1.807, 2.05) is 30.3 Å². The second kappa shape index (κ2) is 11.1. The predicted molar refractivity (Wildman–Crippen MR) is 119 cm³/mol. The third kappa shape index (κ3) is 6.63. The molecule has 1 unspecified atom stereocenters. The fourth-order valence-electron chi connectivity index (χ4n) is 4.02. The normalized spacial score (nSPS) is 19.7. The number of piperidine rings is 1. The van der Waals surface area contributed by atoms with Crippen LogP contribution in [0.3, 0.4) is 0 Å². The molecule has 0 spiro atoms. The SMILES string of the molecule is O=C(Nc1cccc(COCC2CCCCO2)c1)NC1CCN(c2ncccn2)CC1. The first-order valence-electron chi connectivity index (χ1n) is 11.1. The van der Waals surface area contributed by atoms with Crippen LogP contribution in [0.2, 0.25) is 0 Å². The highest BCUT2D eigenvalue weighted by Gasteiger charge is 2.22. The Morgan fingerprint density at radius 1 is 1.13 bits per heavy atom. The lowest BCUT2D eigenvalue weighted by atomic mass is 10.1. The van der Waals surface area contributed by atoms with Crippen LogP contribution in [-0.4, -0.2) is 54.4 Å². The molecule has 2 fully saturated rings. The standard InChI is InChI=1S/C23H31N5O3/c29-23(26-19-8-12-28(13-9-19)22-24-10-4-11-25-22)27-20-6-3-5-18(15-20)16-30-17-21-7-1-2-14-31-21/h3-6,10-11,15,19,21H,1-2,7-9,12-14,16-17H2,(H2,26,27,29). The van der Waals surface area contributed by atoms with Gasteiger partial charge in [-0.05, 0) is 55.9 Å². The Kier molecular flexibility index (Phi) is 7.68. The molecule has 2 amide bonds. The molecule has 2 N–H and O–H groups in total. The van der Waals surface area contributed by atoms with E-state index in [1.54, 1.807) is 12.4 Å². The number of hydrogen-bond donors (Lipinski definition) is 2. The fraction of sp³-hybridized carbons (Fsp3) is 0.522. The van der Waals surface area contributed by atoms with Crippen LogP contribution in [0, 0.1) is 0 Å². The minimum absolute atomic E-state index is 0.141. The van der Waals surface area contributed by atoms with E-state index < -0.39 is 0 Å². The minimum atomic E-state index is -0.178. The summed E-state index contributed by atoms with van der Waals surface area (Å²) < 4.78 is 11.5. The zero-order valence-electron chi connectivity index (χ0n) is 17.8. The van der Waals surface area contributed by atoms with Gasteiger partial charge in [0.15, 0.2) is 0 Å². The van der Waals surface area contributed by atoms with E-state index in [4.69, 9.17) is 9.47 Å². The van der Waals surface area contributed by atoms with Gasteiger partial charge >= 0.3 is 6.03 Å². The third-order valence-electron chi connectivity index (χ3n) is 5.70. The van der Waals surface area contributed by atoms with Crippen molar-refractivity contribution >= 4 is 17.7 Å². The van der Waals surface area contributed by atoms with Gasteiger partial charge in [0.1, 0.15) is 0 Å². The van der Waals surface area contributed by atoms with Crippen LogP contribution >= 0.6 is 0 Å². The minimum Gasteiger partial charge on any atom is -0.376 e. The first-order chi connectivity index (χ1) is 15.3. The summed E-state index contributed by atoms with van der Waals surface area (Å²) in [5.41, 5.74) is 1.80. The smallest absolute Gasteiger partial charge is 0.319 e. The highest BCUT2D eigenvalue weighted by Crippen LogP contribution is 2.17. The number of nitrogens with one attached hydrogen (secondary N) is 2. The van der Waals surface area contributed by atoms with Crippen LogP contribution in [-0.2, 0) is 16.1 Å². The number of hydrogen-bond acceptors (Lipinski definition) is 6. The van der Waals surface area contributed by atoms with Gasteiger partial charge in [-0.2, -0.15) is 0 Å². The first-order valence-corrected chi connectivity index (χ1v) is 11.1. The van der Waals surface area contributed by atoms with Gasteiger partial charge in [0.2, 0.25) is 5.95 Å². The molecule has 1 aromatic heterocycles. The van der Waals surface area contributed by atoms with Crippen molar-refractivity contribution in [1.29, 1.82) is 0 Å². The topological polar surface area (TPSA) is 88.6 Å². The lowest BCUT2D eigenvalue weighted by Crippen LogP contribution is -2.46. The number of ether oxygens (including phenoxy) is 2. The van der Waals surface area contributed by atoms with Crippen molar-refractivity contribution in [3.8, 4) is 0 Å². The van der Waals surface area contributed by atoms with Gasteiger partial charge in [-0.25, -0.2) is 14.8 Å². The molecule has 1 atom stereocenters. The van der Waals surface area contributed by atoms with Crippen molar-refractivity contribution < 1.29 is 14.3 Å². The number of rotatable bonds is 7. The van der Waals surface area contributed by atoms with Crippen LogP contribution in [0.1, 0.15) is 37.7 Å². The van der Waals surface area contributed by atoms with Crippen molar-refractivity contribution in [2.75, 3.05) is 36.5 Å². The maximum atomic E-state index is 12.5. The Balaban J connectivity index is 1.18. The largest absolute Gasteiger partial charge is 0.376 e. The Hall–Kier alpha value is -2.71. The molecular weight excluding hydrogens is 394 g/mol. The van der Waals surface area contributed by atoms with Gasteiger partial charge in [-0.15, -0.1) is 0 Å². The summed E-state index contributed by atoms with van der Waals surface area (Å²) in [4.78, 5) is 23.2. The van der Waals surface area contributed by atoms with E-state index in [-0.39, 0.29) is 18.2 Å². The molecular formula is C23H31N5O3. The van der Waals surface area contributed by atoms with Crippen LogP contribution < -0.4 is 15.5 Å².